The van der Waals surface area contributed by atoms with E-state index in [9.17, 15) is 35.5 Å². The highest BCUT2D eigenvalue weighted by atomic mass is 19.4. The van der Waals surface area contributed by atoms with Gasteiger partial charge in [0.25, 0.3) is 5.91 Å². The van der Waals surface area contributed by atoms with Crippen molar-refractivity contribution in [2.24, 2.45) is 7.05 Å². The van der Waals surface area contributed by atoms with Gasteiger partial charge in [-0.2, -0.15) is 36.5 Å². The molecule has 6 nitrogen and oxygen atoms in total. The van der Waals surface area contributed by atoms with Gasteiger partial charge in [0.05, 0.1) is 11.3 Å². The van der Waals surface area contributed by atoms with Crippen molar-refractivity contribution in [3.05, 3.63) is 65.0 Å². The van der Waals surface area contributed by atoms with Crippen molar-refractivity contribution in [3.8, 4) is 5.69 Å². The van der Waals surface area contributed by atoms with Crippen molar-refractivity contribution in [1.82, 2.24) is 24.5 Å². The molecule has 1 fully saturated rings. The molecule has 2 heterocycles. The molecule has 1 saturated carbocycles. The molecule has 0 radical (unpaired) electrons. The minimum atomic E-state index is -4.84. The summed E-state index contributed by atoms with van der Waals surface area (Å²) >= 11 is 0. The Labute approximate surface area is 182 Å². The quantitative estimate of drug-likeness (QED) is 0.508. The Hall–Kier alpha value is -3.38. The first-order chi connectivity index (χ1) is 15.3. The van der Waals surface area contributed by atoms with Gasteiger partial charge in [-0.05, 0) is 31.0 Å². The number of carbonyl (C=O) groups excluding carboxylic acids is 1. The van der Waals surface area contributed by atoms with E-state index in [4.69, 9.17) is 0 Å². The van der Waals surface area contributed by atoms with Gasteiger partial charge in [0, 0.05) is 37.6 Å². The topological polar surface area (TPSA) is 56.0 Å². The third-order valence-electron chi connectivity index (χ3n) is 5.10. The monoisotopic (exact) mass is 475 g/mol. The Balaban J connectivity index is 1.60. The average Bonchev–Trinajstić information content (AvgIpc) is 3.25. The van der Waals surface area contributed by atoms with Crippen LogP contribution in [0.25, 0.3) is 5.69 Å². The molecule has 0 N–H and O–H groups in total. The number of rotatable bonds is 5. The number of hydrogen-bond acceptors (Lipinski definition) is 3. The van der Waals surface area contributed by atoms with Crippen LogP contribution in [0.1, 0.15) is 40.2 Å². The van der Waals surface area contributed by atoms with Crippen LogP contribution in [-0.2, 0) is 25.9 Å². The normalized spacial score (nSPS) is 14.5. The molecule has 0 unspecified atom stereocenters. The van der Waals surface area contributed by atoms with Crippen LogP contribution in [0.15, 0.2) is 36.7 Å². The summed E-state index contributed by atoms with van der Waals surface area (Å²) in [5.74, 6) is -1.76. The molecule has 1 aromatic carbocycles. The molecular formula is C20H16F7N5O. The van der Waals surface area contributed by atoms with E-state index >= 15 is 0 Å². The molecule has 0 bridgehead atoms. The van der Waals surface area contributed by atoms with Crippen molar-refractivity contribution >= 4 is 5.91 Å². The second-order valence-corrected chi connectivity index (χ2v) is 7.65. The molecule has 4 rings (SSSR count). The molecule has 2 aromatic heterocycles. The van der Waals surface area contributed by atoms with Crippen LogP contribution in [0.5, 0.6) is 0 Å². The zero-order valence-corrected chi connectivity index (χ0v) is 17.0. The Morgan fingerprint density at radius 1 is 1.09 bits per heavy atom. The number of halogens is 7. The highest BCUT2D eigenvalue weighted by Crippen LogP contribution is 2.35. The molecule has 0 aliphatic heterocycles. The lowest BCUT2D eigenvalue weighted by Gasteiger charge is -2.23. The maximum atomic E-state index is 14.8. The maximum Gasteiger partial charge on any atom is 0.435 e. The highest BCUT2D eigenvalue weighted by Gasteiger charge is 2.42. The Bertz CT molecular complexity index is 1190. The summed E-state index contributed by atoms with van der Waals surface area (Å²) < 4.78 is 94.6. The summed E-state index contributed by atoms with van der Waals surface area (Å²) in [6, 6.07) is 3.91. The molecular weight excluding hydrogens is 459 g/mol. The SMILES string of the molecule is Cn1cc(C(=O)N(Cc2ccc(-n3ccc(C(F)(F)F)n3)cc2F)C2CC2)c(C(F)(F)F)n1. The molecule has 3 aromatic rings. The number of nitrogens with zero attached hydrogens (tertiary/aromatic N) is 5. The standard InChI is InChI=1S/C20H16F7N5O/c1-30-10-14(17(29-30)20(25,26)27)18(33)31(12-4-5-12)9-11-2-3-13(8-15(11)21)32-7-6-16(28-32)19(22,23)24/h2-3,6-8,10,12H,4-5,9H2,1H3. The predicted octanol–water partition coefficient (Wildman–Crippen LogP) is 4.59. The zero-order valence-electron chi connectivity index (χ0n) is 17.0. The van der Waals surface area contributed by atoms with Gasteiger partial charge in [-0.25, -0.2) is 9.07 Å². The fourth-order valence-corrected chi connectivity index (χ4v) is 3.37. The fraction of sp³-hybridized carbons (Fsp3) is 0.350. The van der Waals surface area contributed by atoms with Crippen molar-refractivity contribution in [2.45, 2.75) is 37.8 Å². The van der Waals surface area contributed by atoms with Gasteiger partial charge in [0.2, 0.25) is 0 Å². The number of aromatic nitrogens is 4. The van der Waals surface area contributed by atoms with E-state index in [0.717, 1.165) is 38.8 Å². The Kier molecular flexibility index (Phi) is 5.45. The van der Waals surface area contributed by atoms with Crippen LogP contribution in [0.2, 0.25) is 0 Å². The molecule has 13 heteroatoms. The second kappa shape index (κ2) is 7.89. The van der Waals surface area contributed by atoms with Crippen LogP contribution < -0.4 is 0 Å². The van der Waals surface area contributed by atoms with E-state index < -0.39 is 41.0 Å². The van der Waals surface area contributed by atoms with E-state index in [2.05, 4.69) is 10.2 Å². The van der Waals surface area contributed by atoms with Gasteiger partial charge in [-0.3, -0.25) is 9.48 Å². The van der Waals surface area contributed by atoms with Crippen molar-refractivity contribution < 1.29 is 35.5 Å². The largest absolute Gasteiger partial charge is 0.435 e. The molecule has 0 atom stereocenters. The number of carbonyl (C=O) groups is 1. The van der Waals surface area contributed by atoms with Crippen LogP contribution in [0.3, 0.4) is 0 Å². The van der Waals surface area contributed by atoms with E-state index in [1.165, 1.54) is 19.2 Å². The van der Waals surface area contributed by atoms with E-state index in [1.807, 2.05) is 0 Å². The maximum absolute atomic E-state index is 14.8. The lowest BCUT2D eigenvalue weighted by atomic mass is 10.1. The first-order valence-electron chi connectivity index (χ1n) is 9.68. The van der Waals surface area contributed by atoms with E-state index in [1.54, 1.807) is 0 Å². The molecule has 1 amide bonds. The minimum absolute atomic E-state index is 0.000324. The molecule has 0 saturated heterocycles. The predicted molar refractivity (Wildman–Crippen MR) is 99.6 cm³/mol. The summed E-state index contributed by atoms with van der Waals surface area (Å²) in [7, 11) is 1.26. The van der Waals surface area contributed by atoms with E-state index in [-0.39, 0.29) is 23.8 Å². The van der Waals surface area contributed by atoms with Crippen LogP contribution >= 0.6 is 0 Å². The van der Waals surface area contributed by atoms with E-state index in [0.29, 0.717) is 12.8 Å². The van der Waals surface area contributed by atoms with Gasteiger partial charge >= 0.3 is 12.4 Å². The molecule has 33 heavy (non-hydrogen) atoms. The number of hydrogen-bond donors (Lipinski definition) is 0. The van der Waals surface area contributed by atoms with Gasteiger partial charge in [-0.1, -0.05) is 6.07 Å². The number of aryl methyl sites for hydroxylation is 1. The van der Waals surface area contributed by atoms with Crippen LogP contribution in [0, 0.1) is 5.82 Å². The number of benzene rings is 1. The van der Waals surface area contributed by atoms with Crippen molar-refractivity contribution in [1.29, 1.82) is 0 Å². The minimum Gasteiger partial charge on any atom is -0.331 e. The third kappa shape index (κ3) is 4.71. The summed E-state index contributed by atoms with van der Waals surface area (Å²) in [4.78, 5) is 14.1. The first-order valence-corrected chi connectivity index (χ1v) is 9.68. The fourth-order valence-electron chi connectivity index (χ4n) is 3.37. The molecule has 1 aliphatic rings. The summed E-state index contributed by atoms with van der Waals surface area (Å²) in [5, 5.41) is 6.70. The summed E-state index contributed by atoms with van der Waals surface area (Å²) in [5.41, 5.74) is -3.09. The van der Waals surface area contributed by atoms with Gasteiger partial charge in [-0.15, -0.1) is 0 Å². The van der Waals surface area contributed by atoms with Crippen LogP contribution in [-0.4, -0.2) is 36.4 Å². The smallest absolute Gasteiger partial charge is 0.331 e. The van der Waals surface area contributed by atoms with Gasteiger partial charge in [0.15, 0.2) is 11.4 Å². The second-order valence-electron chi connectivity index (χ2n) is 7.65. The Morgan fingerprint density at radius 3 is 2.33 bits per heavy atom. The lowest BCUT2D eigenvalue weighted by molar-refractivity contribution is -0.142. The number of alkyl halides is 6. The summed E-state index contributed by atoms with van der Waals surface area (Å²) in [6.07, 6.45) is -6.39. The first kappa shape index (κ1) is 22.8. The number of amides is 1. The highest BCUT2D eigenvalue weighted by molar-refractivity contribution is 5.95. The van der Waals surface area contributed by atoms with Gasteiger partial charge < -0.3 is 4.90 Å². The van der Waals surface area contributed by atoms with Crippen LogP contribution in [0.4, 0.5) is 30.7 Å². The third-order valence-corrected chi connectivity index (χ3v) is 5.10. The molecule has 176 valence electrons. The van der Waals surface area contributed by atoms with Crippen molar-refractivity contribution in [3.63, 3.8) is 0 Å². The molecule has 0 spiro atoms. The summed E-state index contributed by atoms with van der Waals surface area (Å²) in [6.45, 7) is -0.311. The zero-order chi connectivity index (χ0) is 24.1. The average molecular weight is 475 g/mol. The van der Waals surface area contributed by atoms with Gasteiger partial charge in [0.1, 0.15) is 5.82 Å². The van der Waals surface area contributed by atoms with Crippen molar-refractivity contribution in [2.75, 3.05) is 0 Å². The lowest BCUT2D eigenvalue weighted by Crippen LogP contribution is -2.34. The molecule has 1 aliphatic carbocycles. The Morgan fingerprint density at radius 2 is 1.79 bits per heavy atom.